The van der Waals surface area contributed by atoms with Crippen LogP contribution in [-0.2, 0) is 30.4 Å². The molecule has 3 aromatic carbocycles. The van der Waals surface area contributed by atoms with E-state index < -0.39 is 0 Å². The van der Waals surface area contributed by atoms with Crippen LogP contribution in [0.3, 0.4) is 0 Å². The van der Waals surface area contributed by atoms with Gasteiger partial charge in [-0.1, -0.05) is 89.4 Å². The van der Waals surface area contributed by atoms with E-state index >= 15 is 0 Å². The second kappa shape index (κ2) is 31.7. The lowest BCUT2D eigenvalue weighted by molar-refractivity contribution is -0.136. The van der Waals surface area contributed by atoms with Crippen LogP contribution in [-0.4, -0.2) is 138 Å². The Morgan fingerprint density at radius 3 is 1.82 bits per heavy atom. The first-order chi connectivity index (χ1) is 33.0. The van der Waals surface area contributed by atoms with Crippen molar-refractivity contribution in [3.8, 4) is 0 Å². The molecule has 3 heterocycles. The van der Waals surface area contributed by atoms with Crippen molar-refractivity contribution >= 4 is 87.2 Å². The number of esters is 2. The van der Waals surface area contributed by atoms with Gasteiger partial charge in [-0.2, -0.15) is 0 Å². The number of carbonyl (C=O) groups is 4. The zero-order valence-corrected chi connectivity index (χ0v) is 44.9. The van der Waals surface area contributed by atoms with Gasteiger partial charge in [0.05, 0.1) is 31.7 Å². The molecule has 68 heavy (non-hydrogen) atoms. The van der Waals surface area contributed by atoms with E-state index in [9.17, 15) is 14.4 Å². The predicted octanol–water partition coefficient (Wildman–Crippen LogP) is 11.1. The highest BCUT2D eigenvalue weighted by molar-refractivity contribution is 9.09. The summed E-state index contributed by atoms with van der Waals surface area (Å²) in [5, 5.41) is 1.92. The molecule has 370 valence electrons. The summed E-state index contributed by atoms with van der Waals surface area (Å²) in [5.41, 5.74) is 3.52. The summed E-state index contributed by atoms with van der Waals surface area (Å²) in [6.45, 7) is 11.9. The predicted molar refractivity (Wildman–Crippen MR) is 284 cm³/mol. The minimum Gasteiger partial charge on any atom is -0.466 e. The van der Waals surface area contributed by atoms with Crippen molar-refractivity contribution in [2.45, 2.75) is 87.2 Å². The van der Waals surface area contributed by atoms with Crippen LogP contribution >= 0.6 is 63.0 Å². The Kier molecular flexibility index (Phi) is 26.7. The van der Waals surface area contributed by atoms with Crippen molar-refractivity contribution < 1.29 is 28.7 Å². The number of benzene rings is 3. The molecule has 0 saturated carbocycles. The van der Waals surface area contributed by atoms with Gasteiger partial charge >= 0.3 is 11.9 Å². The number of alkyl halides is 1. The maximum Gasteiger partial charge on any atom is 0.337 e. The minimum absolute atomic E-state index is 0.230. The van der Waals surface area contributed by atoms with Gasteiger partial charge in [0.15, 0.2) is 0 Å². The lowest BCUT2D eigenvalue weighted by Gasteiger charge is -2.39. The molecule has 0 aromatic heterocycles. The van der Waals surface area contributed by atoms with Crippen LogP contribution in [0.1, 0.15) is 74.7 Å². The Balaban J connectivity index is 0.000000273. The largest absolute Gasteiger partial charge is 0.466 e. The van der Waals surface area contributed by atoms with E-state index in [1.807, 2.05) is 92.7 Å². The Bertz CT molecular complexity index is 2110. The van der Waals surface area contributed by atoms with Crippen molar-refractivity contribution in [2.24, 2.45) is 0 Å². The average Bonchev–Trinajstić information content (AvgIpc) is 3.78. The summed E-state index contributed by atoms with van der Waals surface area (Å²) in [6, 6.07) is 24.3. The summed E-state index contributed by atoms with van der Waals surface area (Å²) in [6.07, 6.45) is 16.1. The van der Waals surface area contributed by atoms with Crippen molar-refractivity contribution in [1.29, 1.82) is 0 Å². The highest BCUT2D eigenvalue weighted by Crippen LogP contribution is 2.33. The number of amides is 1. The van der Waals surface area contributed by atoms with Crippen molar-refractivity contribution in [1.82, 2.24) is 23.3 Å². The number of likely N-dealkylation sites (tertiary alicyclic amines) is 3. The van der Waals surface area contributed by atoms with Gasteiger partial charge < -0.3 is 24.1 Å². The first-order valence-corrected chi connectivity index (χ1v) is 26.8. The fourth-order valence-corrected chi connectivity index (χ4v) is 10.4. The van der Waals surface area contributed by atoms with Crippen LogP contribution in [0.4, 0.5) is 0 Å². The lowest BCUT2D eigenvalue weighted by Crippen LogP contribution is -2.50. The molecule has 1 aliphatic carbocycles. The summed E-state index contributed by atoms with van der Waals surface area (Å²) >= 11 is 18.5. The summed E-state index contributed by atoms with van der Waals surface area (Å²) < 4.78 is 14.5. The molecule has 3 aliphatic heterocycles. The van der Waals surface area contributed by atoms with Gasteiger partial charge in [-0.05, 0) is 167 Å². The number of allylic oxidation sites excluding steroid dienone is 3. The zero-order valence-electron chi connectivity index (χ0n) is 40.1. The Labute approximate surface area is 432 Å². The number of methoxy groups -OCH3 is 2. The monoisotopic (exact) mass is 1070 g/mol. The first kappa shape index (κ1) is 57.1. The zero-order chi connectivity index (χ0) is 49.3. The molecule has 3 fully saturated rings. The Morgan fingerprint density at radius 1 is 0.735 bits per heavy atom. The lowest BCUT2D eigenvalue weighted by atomic mass is 10.0. The van der Waals surface area contributed by atoms with E-state index in [2.05, 4.69) is 64.5 Å². The molecule has 2 unspecified atom stereocenters. The number of rotatable bonds is 15. The molecular weight excluding hydrogens is 1010 g/mol. The summed E-state index contributed by atoms with van der Waals surface area (Å²) in [5.74, 6) is -0.353. The molecular formula is C52H68BrCl2N5O6S2. The molecule has 7 rings (SSSR count). The number of nitrogens with zero attached hydrogens (tertiary/aromatic N) is 5. The van der Waals surface area contributed by atoms with Gasteiger partial charge in [0.2, 0.25) is 5.91 Å². The molecule has 0 radical (unpaired) electrons. The summed E-state index contributed by atoms with van der Waals surface area (Å²) in [4.78, 5) is 54.8. The fourth-order valence-electron chi connectivity index (χ4n) is 8.04. The molecule has 4 aliphatic rings. The van der Waals surface area contributed by atoms with Gasteiger partial charge in [0, 0.05) is 70.2 Å². The topological polar surface area (TPSA) is 103 Å². The third-order valence-electron chi connectivity index (χ3n) is 11.5. The number of aldehydes is 1. The molecule has 3 aromatic rings. The smallest absolute Gasteiger partial charge is 0.337 e. The van der Waals surface area contributed by atoms with Crippen molar-refractivity contribution in [3.63, 3.8) is 0 Å². The SMILES string of the molecule is CC.COC(=O)C1=CC=C(CN(Sc2ccc(Cl)cc2)C2CCCN(C(=O)CN3CCCC3)C2)C=CC1.COC(=O)c1ccc(CN(Sc2ccc(Cl)cc2)C2CCCN(C)C2)cc1.O=CCBr. The van der Waals surface area contributed by atoms with Gasteiger partial charge in [-0.3, -0.25) is 9.69 Å². The highest BCUT2D eigenvalue weighted by atomic mass is 79.9. The molecule has 0 bridgehead atoms. The van der Waals surface area contributed by atoms with E-state index in [-0.39, 0.29) is 23.9 Å². The molecule has 3 saturated heterocycles. The molecule has 11 nitrogen and oxygen atoms in total. The van der Waals surface area contributed by atoms with Crippen molar-refractivity contribution in [3.05, 3.63) is 129 Å². The van der Waals surface area contributed by atoms with E-state index in [0.717, 1.165) is 80.4 Å². The van der Waals surface area contributed by atoms with Crippen LogP contribution in [0.15, 0.2) is 118 Å². The van der Waals surface area contributed by atoms with Gasteiger partial charge in [0.1, 0.15) is 6.29 Å². The normalized spacial score (nSPS) is 18.4. The highest BCUT2D eigenvalue weighted by Gasteiger charge is 2.30. The number of likely N-dealkylation sites (N-methyl/N-ethyl adjacent to an activating group) is 1. The Hall–Kier alpha value is -3.44. The molecule has 16 heteroatoms. The van der Waals surface area contributed by atoms with E-state index in [1.165, 1.54) is 50.4 Å². The number of ether oxygens (including phenoxy) is 2. The third-order valence-corrected chi connectivity index (χ3v) is 14.6. The molecule has 0 N–H and O–H groups in total. The van der Waals surface area contributed by atoms with Gasteiger partial charge in [-0.15, -0.1) is 0 Å². The van der Waals surface area contributed by atoms with E-state index in [1.54, 1.807) is 23.9 Å². The van der Waals surface area contributed by atoms with Crippen LogP contribution in [0, 0.1) is 0 Å². The molecule has 1 amide bonds. The Morgan fingerprint density at radius 2 is 1.28 bits per heavy atom. The second-order valence-electron chi connectivity index (χ2n) is 16.5. The number of carbonyl (C=O) groups excluding carboxylic acids is 4. The van der Waals surface area contributed by atoms with Crippen LogP contribution in [0.2, 0.25) is 10.0 Å². The first-order valence-electron chi connectivity index (χ1n) is 23.4. The van der Waals surface area contributed by atoms with Crippen LogP contribution < -0.4 is 0 Å². The van der Waals surface area contributed by atoms with E-state index in [0.29, 0.717) is 47.0 Å². The maximum atomic E-state index is 13.1. The third kappa shape index (κ3) is 19.8. The second-order valence-corrected chi connectivity index (χ2v) is 20.2. The number of halogens is 3. The summed E-state index contributed by atoms with van der Waals surface area (Å²) in [7, 11) is 5.00. The van der Waals surface area contributed by atoms with Crippen LogP contribution in [0.25, 0.3) is 0 Å². The van der Waals surface area contributed by atoms with Gasteiger partial charge in [-0.25, -0.2) is 18.2 Å². The van der Waals surface area contributed by atoms with Crippen molar-refractivity contribution in [2.75, 3.05) is 79.0 Å². The number of piperidine rings is 2. The number of hydrogen-bond acceptors (Lipinski definition) is 12. The quantitative estimate of drug-likeness (QED) is 0.0627. The van der Waals surface area contributed by atoms with Crippen LogP contribution in [0.5, 0.6) is 0 Å². The maximum absolute atomic E-state index is 13.1. The minimum atomic E-state index is -0.303. The average molecular weight is 1070 g/mol. The van der Waals surface area contributed by atoms with E-state index in [4.69, 9.17) is 37.5 Å². The number of hydrogen-bond donors (Lipinski definition) is 0. The molecule has 0 spiro atoms. The van der Waals surface area contributed by atoms with Gasteiger partial charge in [0.25, 0.3) is 0 Å². The standard InChI is InChI=1S/C27H34ClN3O3S.C21H25ClN2O2S.C2H3BrO.C2H6/c1-34-27(33)22-7-4-6-21(9-10-22)18-31(35-25-13-11-23(28)12-14-25)24-8-5-17-30(19-24)26(32)20-29-15-2-3-16-29;1-23-13-3-4-19(15-23)24(27-20-11-9-18(22)10-12-20)14-16-5-7-17(8-6-16)21(25)26-2;3-1-2-4;1-2/h4,6,9-14,24H,2-3,5,7-8,15-20H2,1H3;5-12,19H,3-4,13-15H2,1-2H3;2H,1H2;1-2H3. The fraction of sp³-hybridized carbons (Fsp3) is 0.462. The molecule has 2 atom stereocenters.